The van der Waals surface area contributed by atoms with E-state index in [0.29, 0.717) is 12.8 Å². The van der Waals surface area contributed by atoms with Gasteiger partial charge in [0.15, 0.2) is 0 Å². The van der Waals surface area contributed by atoms with Gasteiger partial charge in [0.1, 0.15) is 14.6 Å². The van der Waals surface area contributed by atoms with Crippen molar-refractivity contribution in [1.29, 1.82) is 2.51 Å². The highest BCUT2D eigenvalue weighted by atomic mass is 31.3. The van der Waals surface area contributed by atoms with E-state index in [4.69, 9.17) is 19.1 Å². The molecular formula is C40H79BNO4PSi. The Morgan fingerprint density at radius 2 is 1.12 bits per heavy atom. The summed E-state index contributed by atoms with van der Waals surface area (Å²) < 4.78 is 27.7. The largest absolute Gasteiger partial charge is 0.456 e. The van der Waals surface area contributed by atoms with Gasteiger partial charge < -0.3 is 14.5 Å². The molecule has 48 heavy (non-hydrogen) atoms. The van der Waals surface area contributed by atoms with Crippen LogP contribution in [0.3, 0.4) is 0 Å². The highest BCUT2D eigenvalue weighted by Gasteiger charge is 2.25. The zero-order chi connectivity index (χ0) is 37.0. The van der Waals surface area contributed by atoms with Crippen LogP contribution in [0, 0.1) is 0 Å². The molecule has 1 amide bonds. The molecule has 0 aliphatic heterocycles. The monoisotopic (exact) mass is 711 g/mol. The number of rotatable bonds is 38. The van der Waals surface area contributed by atoms with Crippen molar-refractivity contribution in [3.05, 3.63) is 12.2 Å². The van der Waals surface area contributed by atoms with E-state index in [1.165, 1.54) is 128 Å². The molecule has 0 aliphatic rings. The van der Waals surface area contributed by atoms with Crippen LogP contribution < -0.4 is 5.32 Å². The van der Waals surface area contributed by atoms with Crippen LogP contribution in [0.2, 0.25) is 0 Å². The highest BCUT2D eigenvalue weighted by Crippen LogP contribution is 2.15. The van der Waals surface area contributed by atoms with Crippen molar-refractivity contribution in [2.24, 2.45) is 0 Å². The van der Waals surface area contributed by atoms with Gasteiger partial charge in [0.2, 0.25) is 5.91 Å². The minimum atomic E-state index is -3.41. The molecule has 0 saturated heterocycles. The fourth-order valence-corrected chi connectivity index (χ4v) is 6.73. The molecule has 0 aromatic carbocycles. The SMILES string of the molecule is [2H][Si]([B])(OC[C@H](NC(=O)CCCCCCCCCCCCC)[C@@H](C=CCCCCCCCCC)OC(=O)CCCCCCCCCCC)P[3H]. The van der Waals surface area contributed by atoms with Crippen LogP contribution in [0.15, 0.2) is 12.2 Å². The molecule has 0 spiro atoms. The van der Waals surface area contributed by atoms with E-state index in [0.717, 1.165) is 51.4 Å². The highest BCUT2D eigenvalue weighted by molar-refractivity contribution is 7.70. The Labute approximate surface area is 306 Å². The normalized spacial score (nSPS) is 15.0. The number of unbranched alkanes of at least 4 members (excludes halogenated alkanes) is 25. The lowest BCUT2D eigenvalue weighted by molar-refractivity contribution is -0.149. The third-order valence-corrected chi connectivity index (χ3v) is 10.1. The van der Waals surface area contributed by atoms with Crippen LogP contribution in [0.5, 0.6) is 0 Å². The first-order valence-corrected chi connectivity index (χ1v) is 23.5. The van der Waals surface area contributed by atoms with Crippen molar-refractivity contribution in [3.63, 3.8) is 0 Å². The van der Waals surface area contributed by atoms with Gasteiger partial charge in [-0.25, -0.2) is 0 Å². The van der Waals surface area contributed by atoms with E-state index in [1.807, 2.05) is 6.08 Å². The number of carbonyl (C=O) groups excluding carboxylic acids is 2. The van der Waals surface area contributed by atoms with E-state index in [-0.39, 0.29) is 18.5 Å². The molecule has 280 valence electrons. The molecule has 0 aromatic rings. The van der Waals surface area contributed by atoms with Gasteiger partial charge in [-0.2, -0.15) is 0 Å². The lowest BCUT2D eigenvalue weighted by Crippen LogP contribution is -2.48. The summed E-state index contributed by atoms with van der Waals surface area (Å²) in [5.41, 5.74) is 0. The Hall–Kier alpha value is -0.648. The molecule has 5 nitrogen and oxygen atoms in total. The van der Waals surface area contributed by atoms with E-state index in [9.17, 15) is 9.59 Å². The van der Waals surface area contributed by atoms with Gasteiger partial charge in [-0.3, -0.25) is 9.59 Å². The maximum Gasteiger partial charge on any atom is 0.306 e. The van der Waals surface area contributed by atoms with E-state index in [1.54, 1.807) is 0 Å². The van der Waals surface area contributed by atoms with Gasteiger partial charge in [0, 0.05) is 14.1 Å². The Balaban J connectivity index is 5.12. The number of ether oxygens (including phenoxy) is 1. The molecule has 0 heterocycles. The Morgan fingerprint density at radius 1 is 0.708 bits per heavy atom. The topological polar surface area (TPSA) is 64.6 Å². The molecule has 2 radical (unpaired) electrons. The molecule has 0 bridgehead atoms. The molecule has 1 N–H and O–H groups in total. The summed E-state index contributed by atoms with van der Waals surface area (Å²) in [5.74, 6) is -0.370. The van der Waals surface area contributed by atoms with Crippen LogP contribution in [0.4, 0.5) is 0 Å². The fraction of sp³-hybridized carbons (Fsp3) is 0.900. The van der Waals surface area contributed by atoms with Gasteiger partial charge >= 0.3 is 5.97 Å². The molecular weight excluding hydrogens is 628 g/mol. The number of esters is 1. The average Bonchev–Trinajstić information content (AvgIpc) is 3.10. The Bertz CT molecular complexity index is 811. The van der Waals surface area contributed by atoms with Crippen molar-refractivity contribution in [1.82, 2.24) is 5.32 Å². The lowest BCUT2D eigenvalue weighted by atomic mass is 10.0. The van der Waals surface area contributed by atoms with Crippen LogP contribution in [-0.4, -0.2) is 49.1 Å². The second-order valence-electron chi connectivity index (χ2n) is 14.0. The standard InChI is InChI=1S/C40H79BNO4PSi/c1-4-7-10-13-16-19-20-23-25-28-31-34-39(43)42-37(36-45-48(41)47)38(33-30-27-24-21-17-14-11-8-5-2)46-40(44)35-32-29-26-22-18-15-12-9-6-3/h30,33,37-38,48H,4-29,31-32,34-36,47H2,1-3H3,(H,42,43)/t37-,38+,48?/m0/s1/i47T,48D/t37-,38+,47?,48?. The summed E-state index contributed by atoms with van der Waals surface area (Å²) >= 11 is 0. The quantitative estimate of drug-likeness (QED) is 0.0228. The van der Waals surface area contributed by atoms with Crippen LogP contribution in [-0.2, 0) is 18.8 Å². The summed E-state index contributed by atoms with van der Waals surface area (Å²) in [4.78, 5) is 26.2. The van der Waals surface area contributed by atoms with Crippen LogP contribution in [0.25, 0.3) is 0 Å². The number of amides is 1. The Morgan fingerprint density at radius 3 is 1.58 bits per heavy atom. The van der Waals surface area contributed by atoms with Crippen molar-refractivity contribution in [2.45, 2.75) is 226 Å². The predicted molar refractivity (Wildman–Crippen MR) is 215 cm³/mol. The Kier molecular flexibility index (Phi) is 34.1. The molecule has 8 heteroatoms. The summed E-state index contributed by atoms with van der Waals surface area (Å²) in [6.45, 7) is 6.68. The van der Waals surface area contributed by atoms with E-state index >= 15 is 0 Å². The van der Waals surface area contributed by atoms with Gasteiger partial charge in [-0.1, -0.05) is 181 Å². The van der Waals surface area contributed by atoms with Gasteiger partial charge in [-0.05, 0) is 31.8 Å². The number of hydrogen-bond acceptors (Lipinski definition) is 4. The molecule has 4 atom stereocenters. The van der Waals surface area contributed by atoms with E-state index < -0.39 is 29.4 Å². The summed E-state index contributed by atoms with van der Waals surface area (Å²) in [6.07, 6.45) is 37.5. The maximum absolute atomic E-state index is 13.1. The summed E-state index contributed by atoms with van der Waals surface area (Å²) in [6, 6.07) is -0.648. The maximum atomic E-state index is 13.1. The van der Waals surface area contributed by atoms with Crippen molar-refractivity contribution in [2.75, 3.05) is 6.61 Å². The number of carbonyl (C=O) groups is 2. The van der Waals surface area contributed by atoms with Gasteiger partial charge in [-0.15, -0.1) is 8.73 Å². The summed E-state index contributed by atoms with van der Waals surface area (Å²) in [5, 5.41) is 3.07. The zero-order valence-corrected chi connectivity index (χ0v) is 33.9. The number of allylic oxidation sites excluding steroid dienone is 1. The molecule has 0 aromatic heterocycles. The summed E-state index contributed by atoms with van der Waals surface area (Å²) in [7, 11) is 2.01. The smallest absolute Gasteiger partial charge is 0.306 e. The molecule has 2 unspecified atom stereocenters. The van der Waals surface area contributed by atoms with Gasteiger partial charge in [0.05, 0.1) is 21.4 Å². The molecule has 0 saturated carbocycles. The first-order chi connectivity index (χ1) is 24.3. The second kappa shape index (κ2) is 37.6. The van der Waals surface area contributed by atoms with Crippen LogP contribution >= 0.6 is 8.73 Å². The lowest BCUT2D eigenvalue weighted by Gasteiger charge is -2.27. The predicted octanol–water partition coefficient (Wildman–Crippen LogP) is 11.5. The van der Waals surface area contributed by atoms with Crippen molar-refractivity contribution in [3.8, 4) is 0 Å². The fourth-order valence-electron chi connectivity index (χ4n) is 6.12. The first-order valence-electron chi connectivity index (χ1n) is 21.6. The van der Waals surface area contributed by atoms with Crippen LogP contribution in [0.1, 0.15) is 213 Å². The zero-order valence-electron chi connectivity index (χ0n) is 33.9. The molecule has 0 rings (SSSR count). The second-order valence-corrected chi connectivity index (χ2v) is 16.5. The molecule has 0 fully saturated rings. The van der Waals surface area contributed by atoms with E-state index in [2.05, 4.69) is 32.2 Å². The van der Waals surface area contributed by atoms with Crippen molar-refractivity contribution < 1.29 is 18.8 Å². The first kappa shape index (κ1) is 43.5. The van der Waals surface area contributed by atoms with Crippen molar-refractivity contribution >= 4 is 36.6 Å². The third-order valence-electron chi connectivity index (χ3n) is 9.22. The number of nitrogens with one attached hydrogen (secondary N) is 1. The third kappa shape index (κ3) is 33.8. The van der Waals surface area contributed by atoms with Gasteiger partial charge in [0.25, 0.3) is 0 Å². The minimum absolute atomic E-state index is 0.0418. The average molecular weight is 711 g/mol. The molecule has 0 aliphatic carbocycles. The number of hydrogen-bond donors (Lipinski definition) is 1. The minimum Gasteiger partial charge on any atom is -0.456 e.